The summed E-state index contributed by atoms with van der Waals surface area (Å²) >= 11 is 1.30. The number of aromatic nitrogens is 3. The van der Waals surface area contributed by atoms with Crippen LogP contribution in [-0.4, -0.2) is 32.5 Å². The number of rotatable bonds is 6. The van der Waals surface area contributed by atoms with Gasteiger partial charge < -0.3 is 5.32 Å². The Morgan fingerprint density at radius 1 is 1.12 bits per heavy atom. The highest BCUT2D eigenvalue weighted by Gasteiger charge is 2.24. The van der Waals surface area contributed by atoms with Gasteiger partial charge in [0.25, 0.3) is 0 Å². The lowest BCUT2D eigenvalue weighted by Crippen LogP contribution is -2.27. The largest absolute Gasteiger partial charge is 0.353 e. The van der Waals surface area contributed by atoms with Crippen molar-refractivity contribution in [3.8, 4) is 17.1 Å². The van der Waals surface area contributed by atoms with Crippen molar-refractivity contribution in [3.63, 3.8) is 0 Å². The highest BCUT2D eigenvalue weighted by molar-refractivity contribution is 7.99. The maximum atomic E-state index is 14.3. The molecule has 5 nitrogen and oxygen atoms in total. The van der Waals surface area contributed by atoms with Crippen LogP contribution in [-0.2, 0) is 4.79 Å². The van der Waals surface area contributed by atoms with Crippen LogP contribution < -0.4 is 5.32 Å². The van der Waals surface area contributed by atoms with Crippen LogP contribution in [0.4, 0.5) is 4.39 Å². The van der Waals surface area contributed by atoms with Crippen LogP contribution in [0.3, 0.4) is 0 Å². The molecule has 0 spiro atoms. The molecule has 1 amide bonds. The number of hydrogen-bond acceptors (Lipinski definition) is 4. The summed E-state index contributed by atoms with van der Waals surface area (Å²) in [6.07, 6.45) is 2.10. The number of benzene rings is 2. The first-order valence-corrected chi connectivity index (χ1v) is 9.39. The van der Waals surface area contributed by atoms with E-state index in [1.54, 1.807) is 22.8 Å². The summed E-state index contributed by atoms with van der Waals surface area (Å²) in [5.74, 6) is 0.283. The van der Waals surface area contributed by atoms with Crippen LogP contribution in [0.1, 0.15) is 12.8 Å². The highest BCUT2D eigenvalue weighted by Crippen LogP contribution is 2.29. The maximum Gasteiger partial charge on any atom is 0.230 e. The summed E-state index contributed by atoms with van der Waals surface area (Å²) in [5, 5.41) is 11.9. The second-order valence-corrected chi connectivity index (χ2v) is 7.03. The van der Waals surface area contributed by atoms with Gasteiger partial charge in [-0.2, -0.15) is 0 Å². The van der Waals surface area contributed by atoms with E-state index in [0.29, 0.717) is 22.6 Å². The molecule has 132 valence electrons. The Morgan fingerprint density at radius 3 is 2.58 bits per heavy atom. The Morgan fingerprint density at radius 2 is 1.85 bits per heavy atom. The summed E-state index contributed by atoms with van der Waals surface area (Å²) in [5.41, 5.74) is 1.19. The van der Waals surface area contributed by atoms with Crippen molar-refractivity contribution in [2.24, 2.45) is 0 Å². The average Bonchev–Trinajstić information content (AvgIpc) is 3.37. The van der Waals surface area contributed by atoms with E-state index in [-0.39, 0.29) is 17.5 Å². The predicted molar refractivity (Wildman–Crippen MR) is 98.6 cm³/mol. The Balaban J connectivity index is 1.68. The monoisotopic (exact) mass is 368 g/mol. The van der Waals surface area contributed by atoms with Crippen LogP contribution in [0, 0.1) is 5.82 Å². The molecule has 1 saturated carbocycles. The van der Waals surface area contributed by atoms with E-state index in [2.05, 4.69) is 15.5 Å². The van der Waals surface area contributed by atoms with Crippen LogP contribution in [0.25, 0.3) is 17.1 Å². The maximum absolute atomic E-state index is 14.3. The molecule has 1 N–H and O–H groups in total. The van der Waals surface area contributed by atoms with Gasteiger partial charge in [-0.1, -0.05) is 42.1 Å². The molecule has 26 heavy (non-hydrogen) atoms. The SMILES string of the molecule is O=C(CSc1nnc(-c2ccccc2F)n1-c1ccccc1)NC1CC1. The first-order valence-electron chi connectivity index (χ1n) is 8.40. The Kier molecular flexibility index (Phi) is 4.71. The van der Waals surface area contributed by atoms with E-state index in [9.17, 15) is 9.18 Å². The van der Waals surface area contributed by atoms with Crippen LogP contribution in [0.15, 0.2) is 59.8 Å². The predicted octanol–water partition coefficient (Wildman–Crippen LogP) is 3.44. The smallest absolute Gasteiger partial charge is 0.230 e. The summed E-state index contributed by atoms with van der Waals surface area (Å²) in [7, 11) is 0. The van der Waals surface area contributed by atoms with Crippen molar-refractivity contribution in [2.75, 3.05) is 5.75 Å². The lowest BCUT2D eigenvalue weighted by molar-refractivity contribution is -0.118. The molecule has 1 aliphatic carbocycles. The minimum Gasteiger partial charge on any atom is -0.353 e. The molecule has 0 saturated heterocycles. The van der Waals surface area contributed by atoms with Crippen LogP contribution in [0.5, 0.6) is 0 Å². The van der Waals surface area contributed by atoms with Crippen molar-refractivity contribution < 1.29 is 9.18 Å². The summed E-state index contributed by atoms with van der Waals surface area (Å²) in [4.78, 5) is 12.0. The van der Waals surface area contributed by atoms with Gasteiger partial charge in [0.05, 0.1) is 11.3 Å². The molecule has 0 aliphatic heterocycles. The second-order valence-electron chi connectivity index (χ2n) is 6.09. The molecular formula is C19H17FN4OS. The van der Waals surface area contributed by atoms with Crippen molar-refractivity contribution >= 4 is 17.7 Å². The normalized spacial score (nSPS) is 13.6. The zero-order valence-corrected chi connectivity index (χ0v) is 14.7. The van der Waals surface area contributed by atoms with Gasteiger partial charge in [0, 0.05) is 11.7 Å². The van der Waals surface area contributed by atoms with Gasteiger partial charge in [-0.15, -0.1) is 10.2 Å². The fourth-order valence-corrected chi connectivity index (χ4v) is 3.38. The third-order valence-electron chi connectivity index (χ3n) is 4.04. The number of carbonyl (C=O) groups is 1. The minimum absolute atomic E-state index is 0.0208. The molecule has 2 aromatic carbocycles. The molecule has 0 atom stereocenters. The van der Waals surface area contributed by atoms with Crippen molar-refractivity contribution in [1.82, 2.24) is 20.1 Å². The number of amides is 1. The first-order chi connectivity index (χ1) is 12.7. The van der Waals surface area contributed by atoms with Crippen LogP contribution in [0.2, 0.25) is 0 Å². The molecule has 1 aromatic heterocycles. The van der Waals surface area contributed by atoms with Gasteiger partial charge in [0.15, 0.2) is 11.0 Å². The van der Waals surface area contributed by atoms with E-state index in [1.807, 2.05) is 30.3 Å². The number of nitrogens with one attached hydrogen (secondary N) is 1. The first kappa shape index (κ1) is 16.8. The Hall–Kier alpha value is -2.67. The number of hydrogen-bond donors (Lipinski definition) is 1. The molecule has 7 heteroatoms. The van der Waals surface area contributed by atoms with E-state index in [1.165, 1.54) is 17.8 Å². The molecule has 1 fully saturated rings. The van der Waals surface area contributed by atoms with E-state index >= 15 is 0 Å². The van der Waals surface area contributed by atoms with E-state index in [0.717, 1.165) is 18.5 Å². The van der Waals surface area contributed by atoms with Gasteiger partial charge in [-0.3, -0.25) is 9.36 Å². The lowest BCUT2D eigenvalue weighted by Gasteiger charge is -2.10. The number of para-hydroxylation sites is 1. The fraction of sp³-hybridized carbons (Fsp3) is 0.211. The summed E-state index contributed by atoms with van der Waals surface area (Å²) < 4.78 is 16.1. The van der Waals surface area contributed by atoms with E-state index < -0.39 is 0 Å². The van der Waals surface area contributed by atoms with Crippen molar-refractivity contribution in [1.29, 1.82) is 0 Å². The summed E-state index contributed by atoms with van der Waals surface area (Å²) in [6, 6.07) is 16.3. The van der Waals surface area contributed by atoms with Gasteiger partial charge >= 0.3 is 0 Å². The second kappa shape index (κ2) is 7.29. The Labute approximate surface area is 154 Å². The molecule has 0 radical (unpaired) electrons. The van der Waals surface area contributed by atoms with Crippen molar-refractivity contribution in [2.45, 2.75) is 24.0 Å². The zero-order chi connectivity index (χ0) is 17.9. The molecule has 1 aliphatic rings. The quantitative estimate of drug-likeness (QED) is 0.677. The molecule has 1 heterocycles. The van der Waals surface area contributed by atoms with Crippen molar-refractivity contribution in [3.05, 3.63) is 60.4 Å². The number of halogens is 1. The number of carbonyl (C=O) groups excluding carboxylic acids is 1. The topological polar surface area (TPSA) is 59.8 Å². The van der Waals surface area contributed by atoms with Crippen LogP contribution >= 0.6 is 11.8 Å². The Bertz CT molecular complexity index is 924. The zero-order valence-electron chi connectivity index (χ0n) is 13.9. The van der Waals surface area contributed by atoms with Gasteiger partial charge in [0.2, 0.25) is 5.91 Å². The minimum atomic E-state index is -0.361. The van der Waals surface area contributed by atoms with E-state index in [4.69, 9.17) is 0 Å². The molecular weight excluding hydrogens is 351 g/mol. The van der Waals surface area contributed by atoms with Gasteiger partial charge in [-0.25, -0.2) is 4.39 Å². The number of thioether (sulfide) groups is 1. The number of nitrogens with zero attached hydrogens (tertiary/aromatic N) is 3. The van der Waals surface area contributed by atoms with Gasteiger partial charge in [-0.05, 0) is 37.1 Å². The molecule has 4 rings (SSSR count). The fourth-order valence-electron chi connectivity index (χ4n) is 2.62. The highest BCUT2D eigenvalue weighted by atomic mass is 32.2. The average molecular weight is 368 g/mol. The molecule has 3 aromatic rings. The standard InChI is InChI=1S/C19H17FN4OS/c20-16-9-5-4-8-15(16)18-22-23-19(24(18)14-6-2-1-3-7-14)26-12-17(25)21-13-10-11-13/h1-9,13H,10-12H2,(H,21,25). The van der Waals surface area contributed by atoms with Gasteiger partial charge in [0.1, 0.15) is 5.82 Å². The molecule has 0 bridgehead atoms. The molecule has 0 unspecified atom stereocenters. The lowest BCUT2D eigenvalue weighted by atomic mass is 10.2. The third-order valence-corrected chi connectivity index (χ3v) is 4.97. The third kappa shape index (κ3) is 3.62. The summed E-state index contributed by atoms with van der Waals surface area (Å²) in [6.45, 7) is 0.